The molecule has 0 fully saturated rings. The number of carbonyl (C=O) groups excluding carboxylic acids is 1. The van der Waals surface area contributed by atoms with E-state index in [1.807, 2.05) is 47.9 Å². The van der Waals surface area contributed by atoms with Gasteiger partial charge in [0, 0.05) is 25.4 Å². The maximum Gasteiger partial charge on any atom is 0.240 e. The summed E-state index contributed by atoms with van der Waals surface area (Å²) in [5.41, 5.74) is 2.97. The first-order chi connectivity index (χ1) is 10.8. The van der Waals surface area contributed by atoms with Gasteiger partial charge in [0.25, 0.3) is 0 Å². The molecule has 0 bridgehead atoms. The predicted octanol–water partition coefficient (Wildman–Crippen LogP) is 2.31. The lowest BCUT2D eigenvalue weighted by molar-refractivity contribution is -0.121. The van der Waals surface area contributed by atoms with E-state index in [0.29, 0.717) is 6.54 Å². The van der Waals surface area contributed by atoms with E-state index in [2.05, 4.69) is 15.3 Å². The number of amides is 1. The van der Waals surface area contributed by atoms with Crippen molar-refractivity contribution in [1.82, 2.24) is 19.9 Å². The van der Waals surface area contributed by atoms with Crippen molar-refractivity contribution in [2.75, 3.05) is 0 Å². The third-order valence-electron chi connectivity index (χ3n) is 3.59. The van der Waals surface area contributed by atoms with Crippen molar-refractivity contribution in [3.63, 3.8) is 0 Å². The summed E-state index contributed by atoms with van der Waals surface area (Å²) >= 11 is 0. The van der Waals surface area contributed by atoms with Gasteiger partial charge in [0.1, 0.15) is 12.4 Å². The molecule has 112 valence electrons. The number of carbonyl (C=O) groups is 1. The summed E-state index contributed by atoms with van der Waals surface area (Å²) in [6, 6.07) is 11.7. The molecule has 22 heavy (non-hydrogen) atoms. The second-order valence-electron chi connectivity index (χ2n) is 5.09. The topological polar surface area (TPSA) is 59.8 Å². The maximum absolute atomic E-state index is 12.2. The Hall–Kier alpha value is -2.69. The molecule has 0 atom stereocenters. The average molecular weight is 294 g/mol. The molecule has 0 radical (unpaired) electrons. The van der Waals surface area contributed by atoms with Crippen LogP contribution in [-0.4, -0.2) is 20.4 Å². The number of aryl methyl sites for hydroxylation is 1. The minimum absolute atomic E-state index is 0.0188. The largest absolute Gasteiger partial charge is 0.350 e. The molecule has 0 saturated heterocycles. The summed E-state index contributed by atoms with van der Waals surface area (Å²) in [5.74, 6) is 0.912. The van der Waals surface area contributed by atoms with Crippen LogP contribution in [0.3, 0.4) is 0 Å². The number of imidazole rings is 1. The van der Waals surface area contributed by atoms with E-state index in [-0.39, 0.29) is 12.5 Å². The van der Waals surface area contributed by atoms with Crippen LogP contribution in [0.25, 0.3) is 11.0 Å². The van der Waals surface area contributed by atoms with Crippen LogP contribution in [0.2, 0.25) is 0 Å². The first-order valence-corrected chi connectivity index (χ1v) is 7.37. The normalized spacial score (nSPS) is 10.8. The molecular formula is C17H18N4O. The van der Waals surface area contributed by atoms with E-state index < -0.39 is 0 Å². The zero-order chi connectivity index (χ0) is 15.4. The van der Waals surface area contributed by atoms with Crippen LogP contribution in [0.1, 0.15) is 18.3 Å². The fourth-order valence-corrected chi connectivity index (χ4v) is 2.47. The fourth-order valence-electron chi connectivity index (χ4n) is 2.47. The van der Waals surface area contributed by atoms with Gasteiger partial charge in [0.15, 0.2) is 0 Å². The Morgan fingerprint density at radius 2 is 1.95 bits per heavy atom. The Morgan fingerprint density at radius 1 is 1.18 bits per heavy atom. The molecule has 3 rings (SSSR count). The number of aromatic nitrogens is 3. The predicted molar refractivity (Wildman–Crippen MR) is 85.2 cm³/mol. The molecule has 0 aliphatic rings. The lowest BCUT2D eigenvalue weighted by Gasteiger charge is -2.09. The summed E-state index contributed by atoms with van der Waals surface area (Å²) in [7, 11) is 0. The number of nitrogens with one attached hydrogen (secondary N) is 1. The molecule has 0 aliphatic heterocycles. The van der Waals surface area contributed by atoms with Crippen molar-refractivity contribution in [2.45, 2.75) is 26.4 Å². The minimum atomic E-state index is -0.0188. The van der Waals surface area contributed by atoms with E-state index in [1.165, 1.54) is 0 Å². The Bertz CT molecular complexity index is 780. The molecule has 0 saturated carbocycles. The molecular weight excluding hydrogens is 276 g/mol. The Balaban J connectivity index is 1.73. The standard InChI is InChI=1S/C17H18N4O/c1-2-16-20-14-5-3-4-6-15(14)21(16)12-17(22)19-11-13-7-9-18-10-8-13/h3-10H,2,11-12H2,1H3,(H,19,22). The van der Waals surface area contributed by atoms with Crippen LogP contribution in [0.5, 0.6) is 0 Å². The summed E-state index contributed by atoms with van der Waals surface area (Å²) in [6.07, 6.45) is 4.24. The van der Waals surface area contributed by atoms with E-state index in [9.17, 15) is 4.79 Å². The smallest absolute Gasteiger partial charge is 0.240 e. The number of pyridine rings is 1. The van der Waals surface area contributed by atoms with Crippen molar-refractivity contribution < 1.29 is 4.79 Å². The summed E-state index contributed by atoms with van der Waals surface area (Å²) in [4.78, 5) is 20.8. The second kappa shape index (κ2) is 6.39. The van der Waals surface area contributed by atoms with Crippen LogP contribution >= 0.6 is 0 Å². The molecule has 1 aromatic carbocycles. The van der Waals surface area contributed by atoms with Gasteiger partial charge in [0.05, 0.1) is 11.0 Å². The SMILES string of the molecule is CCc1nc2ccccc2n1CC(=O)NCc1ccncc1. The van der Waals surface area contributed by atoms with Gasteiger partial charge in [0.2, 0.25) is 5.91 Å². The second-order valence-corrected chi connectivity index (χ2v) is 5.09. The van der Waals surface area contributed by atoms with Crippen LogP contribution in [0.15, 0.2) is 48.8 Å². The summed E-state index contributed by atoms with van der Waals surface area (Å²) in [5, 5.41) is 2.94. The summed E-state index contributed by atoms with van der Waals surface area (Å²) < 4.78 is 1.98. The number of rotatable bonds is 5. The molecule has 0 aliphatic carbocycles. The molecule has 2 heterocycles. The quantitative estimate of drug-likeness (QED) is 0.785. The van der Waals surface area contributed by atoms with Gasteiger partial charge >= 0.3 is 0 Å². The number of para-hydroxylation sites is 2. The van der Waals surface area contributed by atoms with E-state index in [0.717, 1.165) is 28.8 Å². The van der Waals surface area contributed by atoms with Crippen molar-refractivity contribution in [3.05, 3.63) is 60.2 Å². The van der Waals surface area contributed by atoms with Crippen molar-refractivity contribution in [2.24, 2.45) is 0 Å². The van der Waals surface area contributed by atoms with Crippen molar-refractivity contribution in [3.8, 4) is 0 Å². The fraction of sp³-hybridized carbons (Fsp3) is 0.235. The zero-order valence-electron chi connectivity index (χ0n) is 12.5. The van der Waals surface area contributed by atoms with Gasteiger partial charge in [-0.2, -0.15) is 0 Å². The van der Waals surface area contributed by atoms with Gasteiger partial charge in [-0.05, 0) is 29.8 Å². The lowest BCUT2D eigenvalue weighted by Crippen LogP contribution is -2.27. The molecule has 0 unspecified atom stereocenters. The number of hydrogen-bond donors (Lipinski definition) is 1. The highest BCUT2D eigenvalue weighted by Gasteiger charge is 2.11. The monoisotopic (exact) mass is 294 g/mol. The van der Waals surface area contributed by atoms with Gasteiger partial charge in [-0.1, -0.05) is 19.1 Å². The van der Waals surface area contributed by atoms with Crippen molar-refractivity contribution >= 4 is 16.9 Å². The number of nitrogens with zero attached hydrogens (tertiary/aromatic N) is 3. The third-order valence-corrected chi connectivity index (χ3v) is 3.59. The maximum atomic E-state index is 12.2. The Kier molecular flexibility index (Phi) is 4.14. The van der Waals surface area contributed by atoms with Gasteiger partial charge in [-0.25, -0.2) is 4.98 Å². The van der Waals surface area contributed by atoms with Crippen LogP contribution in [0, 0.1) is 0 Å². The van der Waals surface area contributed by atoms with Crippen LogP contribution < -0.4 is 5.32 Å². The number of hydrogen-bond acceptors (Lipinski definition) is 3. The molecule has 1 N–H and O–H groups in total. The Labute approximate surface area is 129 Å². The van der Waals surface area contributed by atoms with Crippen LogP contribution in [0.4, 0.5) is 0 Å². The highest BCUT2D eigenvalue weighted by molar-refractivity contribution is 5.81. The molecule has 2 aromatic heterocycles. The van der Waals surface area contributed by atoms with E-state index >= 15 is 0 Å². The lowest BCUT2D eigenvalue weighted by atomic mass is 10.2. The minimum Gasteiger partial charge on any atom is -0.350 e. The van der Waals surface area contributed by atoms with Crippen molar-refractivity contribution in [1.29, 1.82) is 0 Å². The van der Waals surface area contributed by atoms with Gasteiger partial charge < -0.3 is 9.88 Å². The molecule has 5 heteroatoms. The molecule has 1 amide bonds. The first kappa shape index (κ1) is 14.3. The average Bonchev–Trinajstić information content (AvgIpc) is 2.92. The molecule has 5 nitrogen and oxygen atoms in total. The highest BCUT2D eigenvalue weighted by Crippen LogP contribution is 2.16. The highest BCUT2D eigenvalue weighted by atomic mass is 16.1. The van der Waals surface area contributed by atoms with E-state index in [4.69, 9.17) is 0 Å². The number of fused-ring (bicyclic) bond motifs is 1. The zero-order valence-corrected chi connectivity index (χ0v) is 12.5. The Morgan fingerprint density at radius 3 is 2.73 bits per heavy atom. The van der Waals surface area contributed by atoms with Gasteiger partial charge in [-0.3, -0.25) is 9.78 Å². The van der Waals surface area contributed by atoms with Gasteiger partial charge in [-0.15, -0.1) is 0 Å². The molecule has 3 aromatic rings. The van der Waals surface area contributed by atoms with E-state index in [1.54, 1.807) is 12.4 Å². The first-order valence-electron chi connectivity index (χ1n) is 7.37. The summed E-state index contributed by atoms with van der Waals surface area (Å²) in [6.45, 7) is 2.84. The number of benzene rings is 1. The molecule has 0 spiro atoms. The third kappa shape index (κ3) is 2.98. The van der Waals surface area contributed by atoms with Crippen LogP contribution in [-0.2, 0) is 24.3 Å².